The second kappa shape index (κ2) is 8.02. The van der Waals surface area contributed by atoms with E-state index in [0.29, 0.717) is 11.3 Å². The topological polar surface area (TPSA) is 77.6 Å². The number of nitrogens with one attached hydrogen (secondary N) is 1. The van der Waals surface area contributed by atoms with Crippen LogP contribution in [0.5, 0.6) is 0 Å². The van der Waals surface area contributed by atoms with Crippen molar-refractivity contribution in [3.05, 3.63) is 59.4 Å². The van der Waals surface area contributed by atoms with E-state index >= 15 is 0 Å². The van der Waals surface area contributed by atoms with E-state index in [1.165, 1.54) is 30.1 Å². The normalized spacial score (nSPS) is 12.8. The van der Waals surface area contributed by atoms with Crippen molar-refractivity contribution in [3.8, 4) is 0 Å². The van der Waals surface area contributed by atoms with Gasteiger partial charge in [0, 0.05) is 5.69 Å². The molecule has 0 radical (unpaired) electrons. The number of aryl methyl sites for hydroxylation is 1. The molecule has 0 fully saturated rings. The van der Waals surface area contributed by atoms with Crippen molar-refractivity contribution >= 4 is 11.9 Å². The molecule has 0 aliphatic carbocycles. The lowest BCUT2D eigenvalue weighted by Crippen LogP contribution is -2.26. The molecule has 154 valence electrons. The zero-order valence-electron chi connectivity index (χ0n) is 15.6. The summed E-state index contributed by atoms with van der Waals surface area (Å²) in [5.41, 5.74) is -0.0226. The van der Waals surface area contributed by atoms with Gasteiger partial charge in [-0.25, -0.2) is 14.1 Å². The van der Waals surface area contributed by atoms with E-state index in [-0.39, 0.29) is 24.9 Å². The van der Waals surface area contributed by atoms with Crippen LogP contribution in [0.3, 0.4) is 0 Å². The SMILES string of the molecule is Cc1cc(C(F)(F)F)nn1CC(C)C(=O)Nc1ncn(Cc2cccc(F)c2)n1. The van der Waals surface area contributed by atoms with Gasteiger partial charge >= 0.3 is 6.18 Å². The Morgan fingerprint density at radius 3 is 2.66 bits per heavy atom. The molecule has 7 nitrogen and oxygen atoms in total. The van der Waals surface area contributed by atoms with Gasteiger partial charge < -0.3 is 0 Å². The van der Waals surface area contributed by atoms with Gasteiger partial charge in [-0.1, -0.05) is 19.1 Å². The van der Waals surface area contributed by atoms with Gasteiger partial charge in [0.15, 0.2) is 5.69 Å². The van der Waals surface area contributed by atoms with E-state index in [0.717, 1.165) is 10.7 Å². The van der Waals surface area contributed by atoms with Crippen LogP contribution < -0.4 is 5.32 Å². The fourth-order valence-corrected chi connectivity index (χ4v) is 2.66. The lowest BCUT2D eigenvalue weighted by Gasteiger charge is -2.12. The Labute approximate surface area is 163 Å². The summed E-state index contributed by atoms with van der Waals surface area (Å²) >= 11 is 0. The molecular formula is C18H18F4N6O. The lowest BCUT2D eigenvalue weighted by atomic mass is 10.1. The Morgan fingerprint density at radius 2 is 2.00 bits per heavy atom. The van der Waals surface area contributed by atoms with Crippen molar-refractivity contribution in [2.75, 3.05) is 5.32 Å². The van der Waals surface area contributed by atoms with E-state index in [9.17, 15) is 22.4 Å². The third-order valence-corrected chi connectivity index (χ3v) is 4.17. The number of amides is 1. The highest BCUT2D eigenvalue weighted by atomic mass is 19.4. The van der Waals surface area contributed by atoms with Gasteiger partial charge in [-0.15, -0.1) is 5.10 Å². The zero-order chi connectivity index (χ0) is 21.2. The van der Waals surface area contributed by atoms with E-state index in [2.05, 4.69) is 20.5 Å². The van der Waals surface area contributed by atoms with Crippen LogP contribution in [0.4, 0.5) is 23.5 Å². The fourth-order valence-electron chi connectivity index (χ4n) is 2.66. The number of hydrogen-bond acceptors (Lipinski definition) is 4. The largest absolute Gasteiger partial charge is 0.435 e. The molecule has 0 bridgehead atoms. The molecule has 1 unspecified atom stereocenters. The molecule has 0 spiro atoms. The van der Waals surface area contributed by atoms with Crippen molar-refractivity contribution < 1.29 is 22.4 Å². The Morgan fingerprint density at radius 1 is 1.24 bits per heavy atom. The van der Waals surface area contributed by atoms with Gasteiger partial charge in [0.1, 0.15) is 12.1 Å². The molecule has 1 aromatic carbocycles. The maximum absolute atomic E-state index is 13.2. The van der Waals surface area contributed by atoms with E-state index < -0.39 is 23.7 Å². The van der Waals surface area contributed by atoms with Crippen molar-refractivity contribution in [2.24, 2.45) is 5.92 Å². The summed E-state index contributed by atoms with van der Waals surface area (Å²) in [6.07, 6.45) is -3.15. The van der Waals surface area contributed by atoms with Crippen LogP contribution in [-0.2, 0) is 24.1 Å². The molecule has 3 rings (SSSR count). The van der Waals surface area contributed by atoms with Gasteiger partial charge in [-0.2, -0.15) is 18.3 Å². The molecule has 29 heavy (non-hydrogen) atoms. The molecule has 1 N–H and O–H groups in total. The first-order chi connectivity index (χ1) is 13.6. The number of halogens is 4. The molecule has 0 aliphatic heterocycles. The minimum atomic E-state index is -4.54. The molecule has 1 amide bonds. The van der Waals surface area contributed by atoms with Gasteiger partial charge in [0.25, 0.3) is 0 Å². The molecule has 0 saturated carbocycles. The van der Waals surface area contributed by atoms with Crippen LogP contribution in [-0.4, -0.2) is 30.5 Å². The number of carbonyl (C=O) groups is 1. The summed E-state index contributed by atoms with van der Waals surface area (Å²) in [6, 6.07) is 6.93. The number of benzene rings is 1. The van der Waals surface area contributed by atoms with E-state index in [1.807, 2.05) is 0 Å². The van der Waals surface area contributed by atoms with E-state index in [4.69, 9.17) is 0 Å². The third kappa shape index (κ3) is 5.18. The summed E-state index contributed by atoms with van der Waals surface area (Å²) in [6.45, 7) is 3.29. The monoisotopic (exact) mass is 410 g/mol. The maximum Gasteiger partial charge on any atom is 0.435 e. The molecule has 0 aliphatic rings. The molecular weight excluding hydrogens is 392 g/mol. The number of aromatic nitrogens is 5. The lowest BCUT2D eigenvalue weighted by molar-refractivity contribution is -0.141. The van der Waals surface area contributed by atoms with Gasteiger partial charge in [-0.05, 0) is 30.7 Å². The average Bonchev–Trinajstić information content (AvgIpc) is 3.21. The van der Waals surface area contributed by atoms with Crippen molar-refractivity contribution in [3.63, 3.8) is 0 Å². The highest BCUT2D eigenvalue weighted by molar-refractivity contribution is 5.90. The summed E-state index contributed by atoms with van der Waals surface area (Å²) in [5, 5.41) is 10.1. The first-order valence-electron chi connectivity index (χ1n) is 8.68. The maximum atomic E-state index is 13.2. The Hall–Kier alpha value is -3.24. The van der Waals surface area contributed by atoms with Crippen LogP contribution in [0.15, 0.2) is 36.7 Å². The number of hydrogen-bond donors (Lipinski definition) is 1. The number of nitrogens with zero attached hydrogens (tertiary/aromatic N) is 5. The first kappa shape index (κ1) is 20.5. The number of alkyl halides is 3. The Kier molecular flexibility index (Phi) is 5.66. The van der Waals surface area contributed by atoms with Crippen LogP contribution in [0, 0.1) is 18.7 Å². The average molecular weight is 410 g/mol. The summed E-state index contributed by atoms with van der Waals surface area (Å²) in [7, 11) is 0. The van der Waals surface area contributed by atoms with Crippen LogP contribution in [0.1, 0.15) is 23.9 Å². The number of rotatable bonds is 6. The van der Waals surface area contributed by atoms with Crippen LogP contribution in [0.25, 0.3) is 0 Å². The molecule has 1 atom stereocenters. The minimum absolute atomic E-state index is 0.0300. The van der Waals surface area contributed by atoms with Gasteiger partial charge in [0.05, 0.1) is 19.0 Å². The Bertz CT molecular complexity index is 1010. The predicted molar refractivity (Wildman–Crippen MR) is 95.3 cm³/mol. The molecule has 2 heterocycles. The van der Waals surface area contributed by atoms with Crippen molar-refractivity contribution in [2.45, 2.75) is 33.1 Å². The summed E-state index contributed by atoms with van der Waals surface area (Å²) in [4.78, 5) is 16.3. The molecule has 2 aromatic heterocycles. The fraction of sp³-hybridized carbons (Fsp3) is 0.333. The molecule has 3 aromatic rings. The van der Waals surface area contributed by atoms with Crippen LogP contribution >= 0.6 is 0 Å². The third-order valence-electron chi connectivity index (χ3n) is 4.17. The van der Waals surface area contributed by atoms with Crippen molar-refractivity contribution in [1.29, 1.82) is 0 Å². The minimum Gasteiger partial charge on any atom is -0.293 e. The number of carbonyl (C=O) groups excluding carboxylic acids is 1. The highest BCUT2D eigenvalue weighted by Gasteiger charge is 2.34. The highest BCUT2D eigenvalue weighted by Crippen LogP contribution is 2.28. The summed E-state index contributed by atoms with van der Waals surface area (Å²) < 4.78 is 54.1. The second-order valence-electron chi connectivity index (χ2n) is 6.64. The number of anilines is 1. The molecule has 0 saturated heterocycles. The smallest absolute Gasteiger partial charge is 0.293 e. The van der Waals surface area contributed by atoms with Gasteiger partial charge in [0.2, 0.25) is 11.9 Å². The summed E-state index contributed by atoms with van der Waals surface area (Å²) in [5.74, 6) is -1.46. The predicted octanol–water partition coefficient (Wildman–Crippen LogP) is 3.26. The van der Waals surface area contributed by atoms with Crippen molar-refractivity contribution in [1.82, 2.24) is 24.5 Å². The van der Waals surface area contributed by atoms with Gasteiger partial charge in [-0.3, -0.25) is 14.8 Å². The zero-order valence-corrected chi connectivity index (χ0v) is 15.6. The second-order valence-corrected chi connectivity index (χ2v) is 6.64. The van der Waals surface area contributed by atoms with Crippen LogP contribution in [0.2, 0.25) is 0 Å². The molecule has 11 heteroatoms. The quantitative estimate of drug-likeness (QED) is 0.633. The first-order valence-corrected chi connectivity index (χ1v) is 8.68. The van der Waals surface area contributed by atoms with E-state index in [1.54, 1.807) is 19.1 Å². The Balaban J connectivity index is 1.60. The standard InChI is InChI=1S/C18H18F4N6O/c1-11(8-28-12(2)6-15(25-28)18(20,21)22)16(29)24-17-23-10-27(26-17)9-13-4-3-5-14(19)7-13/h3-7,10-11H,8-9H2,1-2H3,(H,24,26,29).